The Balaban J connectivity index is 1.65. The molecule has 3 rings (SSSR count). The number of hydrogen-bond acceptors (Lipinski definition) is 3. The molecular formula is C17H23NO3S. The van der Waals surface area contributed by atoms with E-state index in [4.69, 9.17) is 0 Å². The van der Waals surface area contributed by atoms with Gasteiger partial charge in [-0.1, -0.05) is 25.1 Å². The fourth-order valence-electron chi connectivity index (χ4n) is 3.60. The van der Waals surface area contributed by atoms with Crippen LogP contribution in [0.4, 0.5) is 5.69 Å². The van der Waals surface area contributed by atoms with Gasteiger partial charge in [0.2, 0.25) is 5.91 Å². The van der Waals surface area contributed by atoms with Crippen molar-refractivity contribution in [3.63, 3.8) is 0 Å². The van der Waals surface area contributed by atoms with Crippen molar-refractivity contribution in [2.75, 3.05) is 23.0 Å². The first-order valence-corrected chi connectivity index (χ1v) is 9.85. The first kappa shape index (κ1) is 15.5. The van der Waals surface area contributed by atoms with Gasteiger partial charge in [0.25, 0.3) is 0 Å². The van der Waals surface area contributed by atoms with Crippen LogP contribution in [0.1, 0.15) is 31.7 Å². The van der Waals surface area contributed by atoms with E-state index < -0.39 is 9.84 Å². The van der Waals surface area contributed by atoms with E-state index in [1.165, 1.54) is 5.56 Å². The number of carbonyl (C=O) groups is 1. The number of amides is 1. The molecule has 0 N–H and O–H groups in total. The summed E-state index contributed by atoms with van der Waals surface area (Å²) >= 11 is 0. The predicted octanol–water partition coefficient (Wildman–Crippen LogP) is 2.43. The third kappa shape index (κ3) is 3.35. The molecule has 2 atom stereocenters. The first-order chi connectivity index (χ1) is 10.4. The topological polar surface area (TPSA) is 54.5 Å². The lowest BCUT2D eigenvalue weighted by molar-refractivity contribution is -0.119. The minimum absolute atomic E-state index is 0.128. The molecule has 1 aromatic carbocycles. The van der Waals surface area contributed by atoms with Gasteiger partial charge in [0.1, 0.15) is 0 Å². The molecule has 0 bridgehead atoms. The van der Waals surface area contributed by atoms with Gasteiger partial charge in [0, 0.05) is 18.7 Å². The second kappa shape index (κ2) is 6.03. The average molecular weight is 321 g/mol. The number of anilines is 1. The van der Waals surface area contributed by atoms with Gasteiger partial charge in [-0.3, -0.25) is 4.79 Å². The van der Waals surface area contributed by atoms with Crippen LogP contribution in [-0.2, 0) is 21.1 Å². The number of sulfone groups is 1. The molecule has 5 heteroatoms. The normalized spacial score (nSPS) is 26.7. The summed E-state index contributed by atoms with van der Waals surface area (Å²) in [6.45, 7) is 2.93. The van der Waals surface area contributed by atoms with Crippen LogP contribution in [-0.4, -0.2) is 32.4 Å². The lowest BCUT2D eigenvalue weighted by Crippen LogP contribution is -2.39. The Morgan fingerprint density at radius 1 is 1.32 bits per heavy atom. The second-order valence-corrected chi connectivity index (χ2v) is 8.98. The fraction of sp³-hybridized carbons (Fsp3) is 0.588. The highest BCUT2D eigenvalue weighted by Gasteiger charge is 2.30. The lowest BCUT2D eigenvalue weighted by Gasteiger charge is -2.33. The fourth-order valence-corrected chi connectivity index (χ4v) is 5.51. The van der Waals surface area contributed by atoms with Gasteiger partial charge in [-0.05, 0) is 42.7 Å². The highest BCUT2D eigenvalue weighted by Crippen LogP contribution is 2.31. The van der Waals surface area contributed by atoms with Crippen LogP contribution in [0.3, 0.4) is 0 Å². The van der Waals surface area contributed by atoms with Crippen molar-refractivity contribution in [2.24, 2.45) is 11.8 Å². The predicted molar refractivity (Wildman–Crippen MR) is 87.7 cm³/mol. The smallest absolute Gasteiger partial charge is 0.227 e. The second-order valence-electron chi connectivity index (χ2n) is 6.75. The number of carbonyl (C=O) groups excluding carboxylic acids is 1. The maximum atomic E-state index is 12.6. The molecule has 0 saturated carbocycles. The zero-order valence-corrected chi connectivity index (χ0v) is 13.8. The van der Waals surface area contributed by atoms with Crippen molar-refractivity contribution in [2.45, 2.75) is 32.6 Å². The van der Waals surface area contributed by atoms with Crippen LogP contribution in [0.25, 0.3) is 0 Å². The molecule has 22 heavy (non-hydrogen) atoms. The van der Waals surface area contributed by atoms with E-state index >= 15 is 0 Å². The minimum atomic E-state index is -2.85. The number of rotatable bonds is 3. The highest BCUT2D eigenvalue weighted by molar-refractivity contribution is 7.91. The Morgan fingerprint density at radius 3 is 2.82 bits per heavy atom. The zero-order chi connectivity index (χ0) is 15.7. The van der Waals surface area contributed by atoms with E-state index in [0.29, 0.717) is 25.2 Å². The number of fused-ring (bicyclic) bond motifs is 1. The standard InChI is InChI=1S/C17H23NO3S/c1-13-10-15-4-2-3-5-16(15)18(11-13)17(19)7-6-14-8-9-22(20,21)12-14/h2-5,13-14H,6-12H2,1H3. The van der Waals surface area contributed by atoms with Crippen LogP contribution >= 0.6 is 0 Å². The van der Waals surface area contributed by atoms with Crippen molar-refractivity contribution in [1.82, 2.24) is 0 Å². The maximum Gasteiger partial charge on any atom is 0.227 e. The molecule has 0 aliphatic carbocycles. The molecule has 0 radical (unpaired) electrons. The number of para-hydroxylation sites is 1. The summed E-state index contributed by atoms with van der Waals surface area (Å²) in [4.78, 5) is 14.5. The van der Waals surface area contributed by atoms with Gasteiger partial charge in [-0.15, -0.1) is 0 Å². The van der Waals surface area contributed by atoms with Crippen molar-refractivity contribution in [3.8, 4) is 0 Å². The van der Waals surface area contributed by atoms with Crippen LogP contribution in [0, 0.1) is 11.8 Å². The van der Waals surface area contributed by atoms with Crippen molar-refractivity contribution >= 4 is 21.4 Å². The van der Waals surface area contributed by atoms with E-state index in [9.17, 15) is 13.2 Å². The van der Waals surface area contributed by atoms with E-state index in [1.54, 1.807) is 0 Å². The first-order valence-electron chi connectivity index (χ1n) is 8.03. The summed E-state index contributed by atoms with van der Waals surface area (Å²) in [7, 11) is -2.85. The average Bonchev–Trinajstić information content (AvgIpc) is 2.83. The minimum Gasteiger partial charge on any atom is -0.312 e. The van der Waals surface area contributed by atoms with E-state index in [1.807, 2.05) is 23.1 Å². The van der Waals surface area contributed by atoms with Gasteiger partial charge >= 0.3 is 0 Å². The lowest BCUT2D eigenvalue weighted by atomic mass is 9.93. The molecule has 4 nitrogen and oxygen atoms in total. The quantitative estimate of drug-likeness (QED) is 0.859. The third-order valence-corrected chi connectivity index (χ3v) is 6.58. The summed E-state index contributed by atoms with van der Waals surface area (Å²) in [6, 6.07) is 8.09. The molecule has 1 saturated heterocycles. The number of benzene rings is 1. The molecule has 0 aromatic heterocycles. The van der Waals surface area contributed by atoms with Crippen molar-refractivity contribution < 1.29 is 13.2 Å². The van der Waals surface area contributed by atoms with E-state index in [-0.39, 0.29) is 23.3 Å². The van der Waals surface area contributed by atoms with Gasteiger partial charge in [0.15, 0.2) is 9.84 Å². The Labute approximate surface area is 132 Å². The summed E-state index contributed by atoms with van der Waals surface area (Å²) in [5.74, 6) is 1.29. The molecule has 2 unspecified atom stereocenters. The Morgan fingerprint density at radius 2 is 2.09 bits per heavy atom. The number of nitrogens with zero attached hydrogens (tertiary/aromatic N) is 1. The summed E-state index contributed by atoms with van der Waals surface area (Å²) in [6.07, 6.45) is 2.86. The Kier molecular flexibility index (Phi) is 4.26. The summed E-state index contributed by atoms with van der Waals surface area (Å²) < 4.78 is 23.0. The Bertz CT molecular complexity index is 668. The van der Waals surface area contributed by atoms with Crippen molar-refractivity contribution in [1.29, 1.82) is 0 Å². The van der Waals surface area contributed by atoms with E-state index in [2.05, 4.69) is 13.0 Å². The SMILES string of the molecule is CC1Cc2ccccc2N(C(=O)CCC2CCS(=O)(=O)C2)C1. The molecule has 2 aliphatic heterocycles. The Hall–Kier alpha value is -1.36. The molecule has 1 amide bonds. The molecule has 2 aliphatic rings. The summed E-state index contributed by atoms with van der Waals surface area (Å²) in [5, 5.41) is 0. The summed E-state index contributed by atoms with van der Waals surface area (Å²) in [5.41, 5.74) is 2.27. The van der Waals surface area contributed by atoms with Gasteiger partial charge in [-0.2, -0.15) is 0 Å². The van der Waals surface area contributed by atoms with Crippen LogP contribution in [0.2, 0.25) is 0 Å². The monoisotopic (exact) mass is 321 g/mol. The molecule has 120 valence electrons. The largest absolute Gasteiger partial charge is 0.312 e. The van der Waals surface area contributed by atoms with Crippen LogP contribution in [0.5, 0.6) is 0 Å². The van der Waals surface area contributed by atoms with Crippen LogP contribution < -0.4 is 4.90 Å². The van der Waals surface area contributed by atoms with Gasteiger partial charge < -0.3 is 4.90 Å². The zero-order valence-electron chi connectivity index (χ0n) is 13.0. The molecule has 2 heterocycles. The van der Waals surface area contributed by atoms with E-state index in [0.717, 1.165) is 18.7 Å². The molecule has 0 spiro atoms. The molecular weight excluding hydrogens is 298 g/mol. The molecule has 1 fully saturated rings. The van der Waals surface area contributed by atoms with Crippen molar-refractivity contribution in [3.05, 3.63) is 29.8 Å². The van der Waals surface area contributed by atoms with Gasteiger partial charge in [0.05, 0.1) is 11.5 Å². The molecule has 1 aromatic rings. The number of hydrogen-bond donors (Lipinski definition) is 0. The highest BCUT2D eigenvalue weighted by atomic mass is 32.2. The van der Waals surface area contributed by atoms with Gasteiger partial charge in [-0.25, -0.2) is 8.42 Å². The third-order valence-electron chi connectivity index (χ3n) is 4.74. The van der Waals surface area contributed by atoms with Crippen LogP contribution in [0.15, 0.2) is 24.3 Å². The maximum absolute atomic E-state index is 12.6.